The molecule has 1 aromatic heterocycles. The minimum Gasteiger partial charge on any atom is -0.311 e. The highest BCUT2D eigenvalue weighted by atomic mass is 32.2. The maximum absolute atomic E-state index is 12.7. The van der Waals surface area contributed by atoms with Gasteiger partial charge in [-0.05, 0) is 47.7 Å². The molecule has 0 aliphatic heterocycles. The molecular formula is C19H21F3N2O2S. The zero-order valence-corrected chi connectivity index (χ0v) is 16.3. The Morgan fingerprint density at radius 3 is 2.26 bits per heavy atom. The van der Waals surface area contributed by atoms with Gasteiger partial charge in [-0.1, -0.05) is 32.9 Å². The van der Waals surface area contributed by atoms with Gasteiger partial charge in [0.25, 0.3) is 5.56 Å². The van der Waals surface area contributed by atoms with Gasteiger partial charge in [0.1, 0.15) is 11.5 Å². The Hall–Kier alpha value is -2.09. The van der Waals surface area contributed by atoms with Gasteiger partial charge in [0.05, 0.1) is 0 Å². The second-order valence-electron chi connectivity index (χ2n) is 7.38. The number of aromatic nitrogens is 2. The molecule has 27 heavy (non-hydrogen) atoms. The number of aryl methyl sites for hydroxylation is 1. The molecule has 0 saturated carbocycles. The number of aromatic amines is 1. The predicted octanol–water partition coefficient (Wildman–Crippen LogP) is 5.09. The van der Waals surface area contributed by atoms with Crippen LogP contribution in [0.1, 0.15) is 55.0 Å². The molecule has 146 valence electrons. The fourth-order valence-corrected chi connectivity index (χ4v) is 3.38. The van der Waals surface area contributed by atoms with Gasteiger partial charge in [0, 0.05) is 17.4 Å². The van der Waals surface area contributed by atoms with Crippen molar-refractivity contribution in [2.75, 3.05) is 0 Å². The van der Waals surface area contributed by atoms with Gasteiger partial charge in [0.15, 0.2) is 5.78 Å². The lowest BCUT2D eigenvalue weighted by Gasteiger charge is -2.31. The van der Waals surface area contributed by atoms with Crippen LogP contribution in [-0.2, 0) is 0 Å². The molecule has 1 atom stereocenters. The summed E-state index contributed by atoms with van der Waals surface area (Å²) in [7, 11) is 0. The third kappa shape index (κ3) is 6.23. The van der Waals surface area contributed by atoms with Crippen LogP contribution in [0.4, 0.5) is 13.2 Å². The van der Waals surface area contributed by atoms with Gasteiger partial charge in [-0.15, -0.1) is 0 Å². The number of nitrogens with one attached hydrogen (secondary N) is 1. The van der Waals surface area contributed by atoms with Crippen molar-refractivity contribution in [2.24, 2.45) is 5.41 Å². The van der Waals surface area contributed by atoms with E-state index in [0.717, 1.165) is 11.6 Å². The molecule has 1 N–H and O–H groups in total. The molecule has 0 saturated heterocycles. The van der Waals surface area contributed by atoms with Crippen molar-refractivity contribution >= 4 is 17.5 Å². The minimum absolute atomic E-state index is 0.0924. The summed E-state index contributed by atoms with van der Waals surface area (Å²) in [6.07, 6.45) is 0.102. The molecule has 4 nitrogen and oxygen atoms in total. The number of benzene rings is 1. The van der Waals surface area contributed by atoms with E-state index >= 15 is 0 Å². The maximum atomic E-state index is 12.7. The number of ketones is 1. The lowest BCUT2D eigenvalue weighted by atomic mass is 9.73. The second kappa shape index (κ2) is 7.88. The molecule has 2 aromatic rings. The van der Waals surface area contributed by atoms with E-state index in [-0.39, 0.29) is 45.9 Å². The summed E-state index contributed by atoms with van der Waals surface area (Å²) in [5.41, 5.74) is -4.19. The lowest BCUT2D eigenvalue weighted by Crippen LogP contribution is -2.23. The number of nitrogens with zero attached hydrogens (tertiary/aromatic N) is 1. The fourth-order valence-electron chi connectivity index (χ4n) is 2.84. The normalized spacial score (nSPS) is 13.4. The topological polar surface area (TPSA) is 62.8 Å². The Morgan fingerprint density at radius 2 is 1.78 bits per heavy atom. The van der Waals surface area contributed by atoms with E-state index in [1.807, 2.05) is 20.8 Å². The molecule has 8 heteroatoms. The summed E-state index contributed by atoms with van der Waals surface area (Å²) < 4.78 is 37.5. The number of carbonyl (C=O) groups is 1. The molecule has 0 fully saturated rings. The van der Waals surface area contributed by atoms with Gasteiger partial charge in [0.2, 0.25) is 0 Å². The molecule has 0 aliphatic carbocycles. The first kappa shape index (κ1) is 21.2. The van der Waals surface area contributed by atoms with Gasteiger partial charge in [-0.25, -0.2) is 4.98 Å². The van der Waals surface area contributed by atoms with E-state index in [1.165, 1.54) is 12.1 Å². The molecule has 2 rings (SSSR count). The summed E-state index contributed by atoms with van der Waals surface area (Å²) in [6, 6.07) is 7.22. The summed E-state index contributed by atoms with van der Waals surface area (Å²) in [4.78, 5) is 30.9. The van der Waals surface area contributed by atoms with Crippen LogP contribution in [0, 0.1) is 12.3 Å². The van der Waals surface area contributed by atoms with Gasteiger partial charge in [-0.3, -0.25) is 9.59 Å². The van der Waals surface area contributed by atoms with Crippen LogP contribution in [0.25, 0.3) is 0 Å². The van der Waals surface area contributed by atoms with Crippen LogP contribution in [0.5, 0.6) is 0 Å². The number of alkyl halides is 3. The van der Waals surface area contributed by atoms with E-state index in [0.29, 0.717) is 5.82 Å². The van der Waals surface area contributed by atoms with Crippen molar-refractivity contribution in [1.29, 1.82) is 0 Å². The SMILES string of the molecule is Cc1nc(C(=O)C[C@@H](c2ccc(SC(F)(F)F)cc2)C(C)(C)C)cc(=O)[nH]1. The molecule has 0 spiro atoms. The second-order valence-corrected chi connectivity index (χ2v) is 8.52. The number of halogens is 3. The van der Waals surface area contributed by atoms with Crippen molar-refractivity contribution < 1.29 is 18.0 Å². The number of rotatable bonds is 5. The third-order valence-electron chi connectivity index (χ3n) is 4.10. The molecule has 0 bridgehead atoms. The van der Waals surface area contributed by atoms with E-state index in [2.05, 4.69) is 9.97 Å². The number of Topliss-reactive ketones (excluding diaryl/α,β-unsaturated/α-hetero) is 1. The third-order valence-corrected chi connectivity index (χ3v) is 4.84. The van der Waals surface area contributed by atoms with Crippen LogP contribution >= 0.6 is 11.8 Å². The van der Waals surface area contributed by atoms with Crippen LogP contribution in [-0.4, -0.2) is 21.3 Å². The monoisotopic (exact) mass is 398 g/mol. The lowest BCUT2D eigenvalue weighted by molar-refractivity contribution is -0.0328. The minimum atomic E-state index is -4.34. The Bertz CT molecular complexity index is 868. The Labute approximate surface area is 159 Å². The Morgan fingerprint density at radius 1 is 1.19 bits per heavy atom. The molecule has 1 heterocycles. The average Bonchev–Trinajstić information content (AvgIpc) is 2.50. The van der Waals surface area contributed by atoms with Crippen molar-refractivity contribution in [3.05, 3.63) is 57.8 Å². The zero-order chi connectivity index (χ0) is 20.4. The number of hydrogen-bond donors (Lipinski definition) is 1. The first-order chi connectivity index (χ1) is 12.3. The Kier molecular flexibility index (Phi) is 6.19. The van der Waals surface area contributed by atoms with Gasteiger partial charge >= 0.3 is 5.51 Å². The first-order valence-corrected chi connectivity index (χ1v) is 9.14. The van der Waals surface area contributed by atoms with Crippen LogP contribution in [0.2, 0.25) is 0 Å². The summed E-state index contributed by atoms with van der Waals surface area (Å²) in [5, 5.41) is 0. The smallest absolute Gasteiger partial charge is 0.311 e. The Balaban J connectivity index is 2.28. The maximum Gasteiger partial charge on any atom is 0.446 e. The molecule has 0 amide bonds. The number of hydrogen-bond acceptors (Lipinski definition) is 4. The highest BCUT2D eigenvalue weighted by molar-refractivity contribution is 8.00. The highest BCUT2D eigenvalue weighted by Gasteiger charge is 2.31. The average molecular weight is 398 g/mol. The molecule has 0 unspecified atom stereocenters. The first-order valence-electron chi connectivity index (χ1n) is 8.32. The van der Waals surface area contributed by atoms with Crippen LogP contribution < -0.4 is 5.56 Å². The standard InChI is InChI=1S/C19H21F3N2O2S/c1-11-23-15(10-17(26)24-11)16(25)9-14(18(2,3)4)12-5-7-13(8-6-12)27-19(20,21)22/h5-8,10,14H,9H2,1-4H3,(H,23,24,26)/t14-/m0/s1. The predicted molar refractivity (Wildman–Crippen MR) is 99.1 cm³/mol. The van der Waals surface area contributed by atoms with Crippen LogP contribution in [0.15, 0.2) is 40.0 Å². The summed E-state index contributed by atoms with van der Waals surface area (Å²) in [6.45, 7) is 7.47. The highest BCUT2D eigenvalue weighted by Crippen LogP contribution is 2.41. The van der Waals surface area contributed by atoms with Gasteiger partial charge < -0.3 is 4.98 Å². The molecular weight excluding hydrogens is 377 g/mol. The zero-order valence-electron chi connectivity index (χ0n) is 15.5. The number of carbonyl (C=O) groups excluding carboxylic acids is 1. The van der Waals surface area contributed by atoms with Crippen molar-refractivity contribution in [3.63, 3.8) is 0 Å². The molecule has 1 aromatic carbocycles. The van der Waals surface area contributed by atoms with Gasteiger partial charge in [-0.2, -0.15) is 13.2 Å². The fraction of sp³-hybridized carbons (Fsp3) is 0.421. The number of thioether (sulfide) groups is 1. The summed E-state index contributed by atoms with van der Waals surface area (Å²) >= 11 is -0.173. The largest absolute Gasteiger partial charge is 0.446 e. The van der Waals surface area contributed by atoms with Crippen LogP contribution in [0.3, 0.4) is 0 Å². The van der Waals surface area contributed by atoms with E-state index < -0.39 is 11.1 Å². The van der Waals surface area contributed by atoms with E-state index in [9.17, 15) is 22.8 Å². The summed E-state index contributed by atoms with van der Waals surface area (Å²) in [5.74, 6) is -0.166. The number of H-pyrrole nitrogens is 1. The molecule has 0 radical (unpaired) electrons. The van der Waals surface area contributed by atoms with Crippen molar-refractivity contribution in [1.82, 2.24) is 9.97 Å². The van der Waals surface area contributed by atoms with Crippen molar-refractivity contribution in [3.8, 4) is 0 Å². The van der Waals surface area contributed by atoms with E-state index in [1.54, 1.807) is 19.1 Å². The van der Waals surface area contributed by atoms with Crippen molar-refractivity contribution in [2.45, 2.75) is 50.4 Å². The quantitative estimate of drug-likeness (QED) is 0.563. The molecule has 0 aliphatic rings. The van der Waals surface area contributed by atoms with E-state index in [4.69, 9.17) is 0 Å².